The van der Waals surface area contributed by atoms with Crippen molar-refractivity contribution in [2.75, 3.05) is 32.3 Å². The average molecular weight is 622 g/mol. The first kappa shape index (κ1) is 30.7. The van der Waals surface area contributed by atoms with Gasteiger partial charge in [0.25, 0.3) is 0 Å². The van der Waals surface area contributed by atoms with E-state index in [0.29, 0.717) is 0 Å². The van der Waals surface area contributed by atoms with Gasteiger partial charge in [0, 0.05) is 17.9 Å². The molecule has 224 valence electrons. The van der Waals surface area contributed by atoms with Crippen molar-refractivity contribution < 1.29 is 40.5 Å². The maximum atomic E-state index is 13.9. The molecular weight excluding hydrogens is 593 g/mol. The lowest BCUT2D eigenvalue weighted by Gasteiger charge is -2.23. The van der Waals surface area contributed by atoms with E-state index in [9.17, 15) is 26.3 Å². The molecule has 4 rings (SSSR count). The van der Waals surface area contributed by atoms with Crippen molar-refractivity contribution in [2.45, 2.75) is 23.2 Å². The predicted octanol–water partition coefficient (Wildman–Crippen LogP) is 2.76. The summed E-state index contributed by atoms with van der Waals surface area (Å²) in [5.74, 6) is -0.294. The Bertz CT molecular complexity index is 1810. The number of anilines is 1. The monoisotopic (exact) mass is 621 g/mol. The summed E-state index contributed by atoms with van der Waals surface area (Å²) in [7, 11) is -4.28. The van der Waals surface area contributed by atoms with Crippen LogP contribution in [-0.2, 0) is 19.9 Å². The van der Waals surface area contributed by atoms with Gasteiger partial charge < -0.3 is 19.3 Å². The van der Waals surface area contributed by atoms with Crippen LogP contribution in [0.4, 0.5) is 10.3 Å². The Balaban J connectivity index is 1.86. The number of aromatic nitrogens is 4. The van der Waals surface area contributed by atoms with Gasteiger partial charge >= 0.3 is 0 Å². The quantitative estimate of drug-likeness (QED) is 0.252. The van der Waals surface area contributed by atoms with Crippen LogP contribution in [0.2, 0.25) is 0 Å². The number of aliphatic hydroxyl groups excluding tert-OH is 1. The molecule has 0 aliphatic heterocycles. The fourth-order valence-corrected chi connectivity index (χ4v) is 6.15. The number of hydrogen-bond acceptors (Lipinski definition) is 11. The number of nitrogens with one attached hydrogen (secondary N) is 1. The summed E-state index contributed by atoms with van der Waals surface area (Å²) in [6.07, 6.45) is -1.04. The van der Waals surface area contributed by atoms with Crippen LogP contribution in [0.5, 0.6) is 17.4 Å². The van der Waals surface area contributed by atoms with E-state index < -0.39 is 41.9 Å². The number of sulfonamides is 1. The molecule has 4 aromatic rings. The molecule has 0 aliphatic rings. The highest BCUT2D eigenvalue weighted by Gasteiger charge is 2.35. The van der Waals surface area contributed by atoms with E-state index in [1.165, 1.54) is 25.9 Å². The number of aliphatic hydroxyl groups is 1. The molecule has 2 aromatic heterocycles. The van der Waals surface area contributed by atoms with Crippen molar-refractivity contribution in [1.82, 2.24) is 19.7 Å². The molecule has 0 aliphatic carbocycles. The third-order valence-electron chi connectivity index (χ3n) is 6.31. The van der Waals surface area contributed by atoms with Gasteiger partial charge in [-0.05, 0) is 37.3 Å². The minimum absolute atomic E-state index is 0.0838. The number of hydrogen-bond donors (Lipinski definition) is 2. The number of benzene rings is 2. The summed E-state index contributed by atoms with van der Waals surface area (Å²) in [6.45, 7) is 1.16. The lowest BCUT2D eigenvalue weighted by molar-refractivity contribution is 0.173. The van der Waals surface area contributed by atoms with Crippen molar-refractivity contribution in [3.05, 3.63) is 66.0 Å². The van der Waals surface area contributed by atoms with Crippen molar-refractivity contribution in [1.29, 1.82) is 0 Å². The number of halogens is 1. The Labute approximate surface area is 241 Å². The molecule has 0 radical (unpaired) electrons. The first-order valence-corrected chi connectivity index (χ1v) is 15.6. The van der Waals surface area contributed by atoms with E-state index >= 15 is 0 Å². The minimum atomic E-state index is -4.52. The first-order valence-electron chi connectivity index (χ1n) is 12.2. The Morgan fingerprint density at radius 1 is 0.929 bits per heavy atom. The van der Waals surface area contributed by atoms with Gasteiger partial charge in [0.15, 0.2) is 15.7 Å². The molecule has 42 heavy (non-hydrogen) atoms. The number of sulfone groups is 1. The van der Waals surface area contributed by atoms with Crippen LogP contribution in [0.15, 0.2) is 59.5 Å². The van der Waals surface area contributed by atoms with Gasteiger partial charge in [-0.2, -0.15) is 0 Å². The van der Waals surface area contributed by atoms with Crippen molar-refractivity contribution >= 4 is 25.8 Å². The zero-order valence-corrected chi connectivity index (χ0v) is 24.8. The average Bonchev–Trinajstić information content (AvgIpc) is 3.37. The van der Waals surface area contributed by atoms with Crippen LogP contribution in [0.1, 0.15) is 18.6 Å². The van der Waals surface area contributed by atoms with Gasteiger partial charge in [-0.3, -0.25) is 9.29 Å². The van der Waals surface area contributed by atoms with Gasteiger partial charge in [0.1, 0.15) is 33.9 Å². The zero-order valence-electron chi connectivity index (χ0n) is 23.1. The number of nitrogens with zero attached hydrogens (tertiary/aromatic N) is 4. The van der Waals surface area contributed by atoms with Gasteiger partial charge in [-0.25, -0.2) is 26.2 Å². The maximum Gasteiger partial charge on any atom is 0.243 e. The van der Waals surface area contributed by atoms with E-state index in [1.54, 1.807) is 36.4 Å². The minimum Gasteiger partial charge on any atom is -0.494 e. The summed E-state index contributed by atoms with van der Waals surface area (Å²) < 4.78 is 85.5. The molecule has 0 fully saturated rings. The lowest BCUT2D eigenvalue weighted by atomic mass is 10.1. The van der Waals surface area contributed by atoms with E-state index in [0.717, 1.165) is 31.4 Å². The van der Waals surface area contributed by atoms with Crippen LogP contribution in [-0.4, -0.2) is 74.5 Å². The van der Waals surface area contributed by atoms with Gasteiger partial charge in [-0.1, -0.05) is 18.2 Å². The molecule has 13 nitrogen and oxygen atoms in total. The standard InChI is InChI=1S/C26H28FN5O8S2/c1-15(24(33)17-13-12-16(27)14-21(17)41(5,34)35)42(36,37)31-26-30-29-25(18-8-6-11-22(28-18)40-4)32(26)23-19(38-2)9-7-10-20(23)39-3/h6-15,24,33H,1-5H3,(H,30,31)/t15-,24-/m0/s1. The molecule has 0 saturated carbocycles. The smallest absolute Gasteiger partial charge is 0.243 e. The van der Waals surface area contributed by atoms with E-state index in [2.05, 4.69) is 19.9 Å². The van der Waals surface area contributed by atoms with Gasteiger partial charge in [0.2, 0.25) is 21.9 Å². The maximum absolute atomic E-state index is 13.9. The fourth-order valence-electron chi connectivity index (χ4n) is 4.15. The topological polar surface area (TPSA) is 172 Å². The molecule has 0 spiro atoms. The molecule has 2 N–H and O–H groups in total. The van der Waals surface area contributed by atoms with E-state index in [1.807, 2.05) is 0 Å². The number of rotatable bonds is 11. The number of pyridine rings is 1. The summed E-state index contributed by atoms with van der Waals surface area (Å²) in [5, 5.41) is 17.6. The fraction of sp³-hybridized carbons (Fsp3) is 0.269. The molecule has 2 aromatic carbocycles. The second kappa shape index (κ2) is 11.9. The Morgan fingerprint density at radius 2 is 1.57 bits per heavy atom. The first-order chi connectivity index (χ1) is 19.8. The number of para-hydroxylation sites is 1. The second-order valence-corrected chi connectivity index (χ2v) is 13.0. The van der Waals surface area contributed by atoms with Crippen LogP contribution in [0.25, 0.3) is 17.2 Å². The molecule has 0 bridgehead atoms. The molecule has 0 amide bonds. The number of methoxy groups -OCH3 is 3. The Kier molecular flexibility index (Phi) is 8.70. The summed E-state index contributed by atoms with van der Waals surface area (Å²) in [6, 6.07) is 12.5. The zero-order chi connectivity index (χ0) is 30.8. The predicted molar refractivity (Wildman–Crippen MR) is 151 cm³/mol. The van der Waals surface area contributed by atoms with Gasteiger partial charge in [0.05, 0.1) is 32.3 Å². The highest BCUT2D eigenvalue weighted by molar-refractivity contribution is 7.93. The van der Waals surface area contributed by atoms with Crippen molar-refractivity contribution in [3.63, 3.8) is 0 Å². The highest BCUT2D eigenvalue weighted by atomic mass is 32.2. The highest BCUT2D eigenvalue weighted by Crippen LogP contribution is 2.38. The van der Waals surface area contributed by atoms with Crippen molar-refractivity contribution in [2.24, 2.45) is 0 Å². The SMILES string of the molecule is COc1cccc(-c2nnc(NS(=O)(=O)[C@@H](C)[C@H](O)c3ccc(F)cc3S(C)(=O)=O)n2-c2c(OC)cccc2OC)n1. The molecule has 16 heteroatoms. The van der Waals surface area contributed by atoms with Crippen molar-refractivity contribution in [3.8, 4) is 34.6 Å². The Morgan fingerprint density at radius 3 is 2.17 bits per heavy atom. The van der Waals surface area contributed by atoms with Crippen LogP contribution in [0.3, 0.4) is 0 Å². The molecule has 2 heterocycles. The normalized spacial score (nSPS) is 13.3. The molecule has 0 unspecified atom stereocenters. The largest absolute Gasteiger partial charge is 0.494 e. The summed E-state index contributed by atoms with van der Waals surface area (Å²) in [4.78, 5) is 3.84. The number of ether oxygens (including phenoxy) is 3. The second-order valence-electron chi connectivity index (χ2n) is 9.01. The third kappa shape index (κ3) is 6.00. The van der Waals surface area contributed by atoms with Gasteiger partial charge in [-0.15, -0.1) is 10.2 Å². The van der Waals surface area contributed by atoms with Crippen LogP contribution < -0.4 is 18.9 Å². The molecular formula is C26H28FN5O8S2. The van der Waals surface area contributed by atoms with Crippen LogP contribution in [0, 0.1) is 5.82 Å². The van der Waals surface area contributed by atoms with E-state index in [-0.39, 0.29) is 46.1 Å². The molecule has 2 atom stereocenters. The Hall–Kier alpha value is -4.28. The summed E-state index contributed by atoms with van der Waals surface area (Å²) in [5.41, 5.74) is 0.208. The summed E-state index contributed by atoms with van der Waals surface area (Å²) >= 11 is 0. The third-order valence-corrected chi connectivity index (χ3v) is 9.17. The van der Waals surface area contributed by atoms with Crippen LogP contribution >= 0.6 is 0 Å². The lowest BCUT2D eigenvalue weighted by Crippen LogP contribution is -2.32. The molecule has 0 saturated heterocycles. The van der Waals surface area contributed by atoms with E-state index in [4.69, 9.17) is 14.2 Å².